The topological polar surface area (TPSA) is 130 Å². The Hall–Kier alpha value is -2.77. The zero-order valence-corrected chi connectivity index (χ0v) is 32.5. The molecule has 5 fully saturated rings. The van der Waals surface area contributed by atoms with Crippen molar-refractivity contribution in [3.8, 4) is 16.9 Å². The van der Waals surface area contributed by atoms with E-state index in [-0.39, 0.29) is 25.1 Å². The first-order valence-electron chi connectivity index (χ1n) is 19.5. The van der Waals surface area contributed by atoms with Gasteiger partial charge in [0.1, 0.15) is 24.1 Å². The van der Waals surface area contributed by atoms with Gasteiger partial charge in [0.2, 0.25) is 5.91 Å². The smallest absolute Gasteiger partial charge is 0.240 e. The quantitative estimate of drug-likeness (QED) is 0.182. The molecule has 1 amide bonds. The minimum atomic E-state index is -0.881. The van der Waals surface area contributed by atoms with Crippen LogP contribution in [0.5, 0.6) is 5.75 Å². The van der Waals surface area contributed by atoms with Crippen LogP contribution in [-0.4, -0.2) is 109 Å². The third-order valence-corrected chi connectivity index (χ3v) is 13.2. The van der Waals surface area contributed by atoms with Crippen LogP contribution in [0.15, 0.2) is 36.4 Å². The van der Waals surface area contributed by atoms with Gasteiger partial charge >= 0.3 is 0 Å². The largest absolute Gasteiger partial charge is 0.496 e. The van der Waals surface area contributed by atoms with Crippen LogP contribution < -0.4 is 20.3 Å². The monoisotopic (exact) mass is 721 g/mol. The number of fused-ring (bicyclic) bond motifs is 2. The van der Waals surface area contributed by atoms with Gasteiger partial charge in [-0.25, -0.2) is 0 Å². The highest BCUT2D eigenvalue weighted by Crippen LogP contribution is 2.61. The van der Waals surface area contributed by atoms with Gasteiger partial charge in [-0.3, -0.25) is 19.8 Å². The lowest BCUT2D eigenvalue weighted by atomic mass is 9.45. The third-order valence-electron chi connectivity index (χ3n) is 13.2. The van der Waals surface area contributed by atoms with E-state index in [1.807, 2.05) is 49.3 Å². The molecule has 2 aromatic rings. The maximum absolute atomic E-state index is 14.2. The molecular formula is C41H63N5O6. The van der Waals surface area contributed by atoms with E-state index in [4.69, 9.17) is 9.57 Å². The van der Waals surface area contributed by atoms with Gasteiger partial charge in [0.15, 0.2) is 0 Å². The van der Waals surface area contributed by atoms with E-state index in [2.05, 4.69) is 49.3 Å². The number of rotatable bonds is 14. The molecule has 2 saturated heterocycles. The number of nitrogens with zero attached hydrogens (tertiary/aromatic N) is 3. The zero-order valence-electron chi connectivity index (χ0n) is 32.5. The standard InChI is InChI=1S/C41H63N5O6/c1-9-45-15-11-13-30(45)21-42-39(49)28-16-27(17-31(18-28)44(6)7)32-14-10-12-26(38(32)51-8)22-46-37(36(25(3)48)35(23-47)52-46)40(50)43-34-20-29-19-33(24(34)2)41(29,4)5/h10,12,14,16-18,24-25,29-30,33-37,39,42,47-49H,9,11,13,15,19-23H2,1-8H3,(H,43,50)/t24-,25-,29+,30+,33-,34-,35-,36+,37-,39?/m0/s1. The molecule has 3 saturated carbocycles. The van der Waals surface area contributed by atoms with Crippen molar-refractivity contribution in [2.24, 2.45) is 29.1 Å². The van der Waals surface area contributed by atoms with Gasteiger partial charge in [-0.2, -0.15) is 5.06 Å². The van der Waals surface area contributed by atoms with Gasteiger partial charge in [-0.15, -0.1) is 0 Å². The van der Waals surface area contributed by atoms with Crippen molar-refractivity contribution in [1.29, 1.82) is 0 Å². The van der Waals surface area contributed by atoms with E-state index < -0.39 is 30.4 Å². The number of anilines is 1. The van der Waals surface area contributed by atoms with Crippen LogP contribution >= 0.6 is 0 Å². The van der Waals surface area contributed by atoms with E-state index in [1.165, 1.54) is 12.8 Å². The Balaban J connectivity index is 1.26. The molecule has 2 aliphatic heterocycles. The SMILES string of the molecule is CCN1CCC[C@@H]1CNC(O)c1cc(-c2cccc(CN3O[C@@H](CO)[C@@H]([C@H](C)O)[C@H]3C(=O)N[C@H]3C[C@H]4C[C@@H]([C@@H]3C)C4(C)C)c2OC)cc(N(C)C)c1. The highest BCUT2D eigenvalue weighted by Gasteiger charge is 2.57. The van der Waals surface area contributed by atoms with Crippen molar-refractivity contribution < 1.29 is 29.7 Å². The Kier molecular flexibility index (Phi) is 11.9. The number of likely N-dealkylation sites (N-methyl/N-ethyl adjacent to an activating group) is 1. The molecule has 2 heterocycles. The first-order chi connectivity index (χ1) is 24.8. The molecule has 52 heavy (non-hydrogen) atoms. The van der Waals surface area contributed by atoms with Gasteiger partial charge in [-0.1, -0.05) is 45.9 Å². The summed E-state index contributed by atoms with van der Waals surface area (Å²) in [5, 5.41) is 41.0. The predicted molar refractivity (Wildman–Crippen MR) is 204 cm³/mol. The average molecular weight is 722 g/mol. The molecule has 5 N–H and O–H groups in total. The molecule has 2 aromatic carbocycles. The number of amides is 1. The number of carbonyl (C=O) groups excluding carboxylic acids is 1. The summed E-state index contributed by atoms with van der Waals surface area (Å²) in [6.45, 7) is 13.5. The van der Waals surface area contributed by atoms with E-state index >= 15 is 0 Å². The lowest BCUT2D eigenvalue weighted by Gasteiger charge is -2.62. The first kappa shape index (κ1) is 38.9. The van der Waals surface area contributed by atoms with Crippen molar-refractivity contribution in [1.82, 2.24) is 20.6 Å². The van der Waals surface area contributed by atoms with Gasteiger partial charge in [0.05, 0.1) is 26.4 Å². The fourth-order valence-corrected chi connectivity index (χ4v) is 9.94. The van der Waals surface area contributed by atoms with Gasteiger partial charge in [0.25, 0.3) is 0 Å². The van der Waals surface area contributed by atoms with Crippen molar-refractivity contribution in [2.45, 2.75) is 103 Å². The van der Waals surface area contributed by atoms with E-state index in [1.54, 1.807) is 19.1 Å². The summed E-state index contributed by atoms with van der Waals surface area (Å²) < 4.78 is 6.10. The number of nitrogens with one attached hydrogen (secondary N) is 2. The number of aliphatic hydroxyl groups is 3. The van der Waals surface area contributed by atoms with Crippen molar-refractivity contribution >= 4 is 11.6 Å². The minimum Gasteiger partial charge on any atom is -0.496 e. The molecule has 11 nitrogen and oxygen atoms in total. The van der Waals surface area contributed by atoms with Crippen LogP contribution in [0.3, 0.4) is 0 Å². The summed E-state index contributed by atoms with van der Waals surface area (Å²) in [7, 11) is 5.61. The summed E-state index contributed by atoms with van der Waals surface area (Å²) in [5.74, 6) is 1.33. The number of benzene rings is 2. The molecule has 3 aliphatic carbocycles. The third kappa shape index (κ3) is 7.47. The molecule has 7 rings (SSSR count). The molecule has 10 atom stereocenters. The predicted octanol–water partition coefficient (Wildman–Crippen LogP) is 4.15. The summed E-state index contributed by atoms with van der Waals surface area (Å²) in [6, 6.07) is 11.7. The molecule has 2 bridgehead atoms. The lowest BCUT2D eigenvalue weighted by Crippen LogP contribution is -2.62. The molecular weight excluding hydrogens is 658 g/mol. The number of methoxy groups -OCH3 is 1. The molecule has 1 unspecified atom stereocenters. The number of ether oxygens (including phenoxy) is 1. The number of hydrogen-bond acceptors (Lipinski definition) is 10. The molecule has 0 spiro atoms. The molecule has 288 valence electrons. The van der Waals surface area contributed by atoms with Crippen LogP contribution in [0.2, 0.25) is 0 Å². The highest BCUT2D eigenvalue weighted by molar-refractivity contribution is 5.83. The molecule has 11 heteroatoms. The first-order valence-corrected chi connectivity index (χ1v) is 19.5. The van der Waals surface area contributed by atoms with Crippen LogP contribution in [0.4, 0.5) is 5.69 Å². The summed E-state index contributed by atoms with van der Waals surface area (Å²) in [6.07, 6.45) is 2.00. The van der Waals surface area contributed by atoms with E-state index in [0.717, 1.165) is 53.9 Å². The lowest BCUT2D eigenvalue weighted by molar-refractivity contribution is -0.183. The van der Waals surface area contributed by atoms with E-state index in [9.17, 15) is 20.1 Å². The minimum absolute atomic E-state index is 0.0542. The van der Waals surface area contributed by atoms with Crippen LogP contribution in [0.25, 0.3) is 11.1 Å². The number of para-hydroxylation sites is 1. The van der Waals surface area contributed by atoms with Crippen molar-refractivity contribution in [3.05, 3.63) is 47.5 Å². The number of carbonyl (C=O) groups is 1. The number of aliphatic hydroxyl groups excluding tert-OH is 3. The fraction of sp³-hybridized carbons (Fsp3) is 0.683. The average Bonchev–Trinajstić information content (AvgIpc) is 3.75. The Bertz CT molecular complexity index is 1550. The van der Waals surface area contributed by atoms with Gasteiger partial charge in [0, 0.05) is 55.5 Å². The second kappa shape index (κ2) is 15.9. The van der Waals surface area contributed by atoms with Crippen molar-refractivity contribution in [2.75, 3.05) is 52.3 Å². The fourth-order valence-electron chi connectivity index (χ4n) is 9.94. The van der Waals surface area contributed by atoms with Gasteiger partial charge < -0.3 is 30.3 Å². The Morgan fingerprint density at radius 2 is 1.94 bits per heavy atom. The van der Waals surface area contributed by atoms with Crippen LogP contribution in [0, 0.1) is 29.1 Å². The summed E-state index contributed by atoms with van der Waals surface area (Å²) >= 11 is 0. The highest BCUT2D eigenvalue weighted by atomic mass is 16.7. The second-order valence-corrected chi connectivity index (χ2v) is 16.7. The number of hydroxylamine groups is 2. The second-order valence-electron chi connectivity index (χ2n) is 16.7. The maximum atomic E-state index is 14.2. The van der Waals surface area contributed by atoms with Crippen LogP contribution in [0.1, 0.15) is 77.7 Å². The Labute approximate surface area is 310 Å². The molecule has 5 aliphatic rings. The maximum Gasteiger partial charge on any atom is 0.240 e. The number of likely N-dealkylation sites (tertiary alicyclic amines) is 1. The normalized spacial score (nSPS) is 31.2. The summed E-state index contributed by atoms with van der Waals surface area (Å²) in [4.78, 5) is 25.0. The number of hydrogen-bond donors (Lipinski definition) is 5. The Morgan fingerprint density at radius 1 is 1.17 bits per heavy atom. The van der Waals surface area contributed by atoms with Crippen molar-refractivity contribution in [3.63, 3.8) is 0 Å². The van der Waals surface area contributed by atoms with Gasteiger partial charge in [-0.05, 0) is 98.2 Å². The molecule has 0 radical (unpaired) electrons. The van der Waals surface area contributed by atoms with E-state index in [0.29, 0.717) is 41.5 Å². The zero-order chi connectivity index (χ0) is 37.5. The Morgan fingerprint density at radius 3 is 2.58 bits per heavy atom. The van der Waals surface area contributed by atoms with Crippen LogP contribution in [-0.2, 0) is 16.2 Å². The summed E-state index contributed by atoms with van der Waals surface area (Å²) in [5.41, 5.74) is 4.52. The molecule has 0 aromatic heterocycles.